The summed E-state index contributed by atoms with van der Waals surface area (Å²) in [6, 6.07) is 7.48. The molecule has 0 saturated carbocycles. The van der Waals surface area contributed by atoms with Crippen molar-refractivity contribution >= 4 is 17.3 Å². The Balaban J connectivity index is 2.55. The highest BCUT2D eigenvalue weighted by Gasteiger charge is 2.10. The molecule has 2 rings (SSSR count). The van der Waals surface area contributed by atoms with Gasteiger partial charge in [0, 0.05) is 0 Å². The maximum absolute atomic E-state index is 12.8. The Labute approximate surface area is 97.1 Å². The molecule has 5 heteroatoms. The molecule has 0 atom stereocenters. The van der Waals surface area contributed by atoms with E-state index in [0.717, 1.165) is 5.69 Å². The van der Waals surface area contributed by atoms with E-state index < -0.39 is 0 Å². The van der Waals surface area contributed by atoms with E-state index in [1.54, 1.807) is 25.1 Å². The van der Waals surface area contributed by atoms with Gasteiger partial charge in [0.1, 0.15) is 11.5 Å². The van der Waals surface area contributed by atoms with Crippen LogP contribution in [0.4, 0.5) is 4.39 Å². The number of benzene rings is 1. The van der Waals surface area contributed by atoms with Crippen LogP contribution in [0.25, 0.3) is 5.69 Å². The van der Waals surface area contributed by atoms with Gasteiger partial charge in [-0.3, -0.25) is 0 Å². The van der Waals surface area contributed by atoms with Gasteiger partial charge in [0.2, 0.25) is 5.05 Å². The van der Waals surface area contributed by atoms with Crippen molar-refractivity contribution in [3.05, 3.63) is 47.5 Å². The molecule has 0 aliphatic heterocycles. The Hall–Kier alpha value is -1.75. The zero-order chi connectivity index (χ0) is 11.7. The normalized spacial score (nSPS) is 10.4. The average Bonchev–Trinajstić information content (AvgIpc) is 2.61. The van der Waals surface area contributed by atoms with Crippen LogP contribution in [0.15, 0.2) is 30.3 Å². The van der Waals surface area contributed by atoms with E-state index in [4.69, 9.17) is 12.2 Å². The largest absolute Gasteiger partial charge is 0.497 e. The first kappa shape index (κ1) is 10.8. The van der Waals surface area contributed by atoms with E-state index in [2.05, 4.69) is 5.10 Å². The molecule has 82 valence electrons. The maximum Gasteiger partial charge on any atom is 0.207 e. The molecule has 0 unspecified atom stereocenters. The Morgan fingerprint density at radius 3 is 2.56 bits per heavy atom. The summed E-state index contributed by atoms with van der Waals surface area (Å²) < 4.78 is 14.2. The van der Waals surface area contributed by atoms with Crippen LogP contribution in [0.1, 0.15) is 11.4 Å². The fourth-order valence-corrected chi connectivity index (χ4v) is 1.58. The summed E-state index contributed by atoms with van der Waals surface area (Å²) in [6.45, 7) is 1.79. The van der Waals surface area contributed by atoms with Crippen molar-refractivity contribution in [3.63, 3.8) is 0 Å². The van der Waals surface area contributed by atoms with Crippen molar-refractivity contribution < 1.29 is 9.50 Å². The van der Waals surface area contributed by atoms with E-state index in [1.165, 1.54) is 16.8 Å². The Bertz CT molecular complexity index is 533. The topological polar surface area (TPSA) is 38.0 Å². The summed E-state index contributed by atoms with van der Waals surface area (Å²) in [5.74, 6) is -0.319. The Morgan fingerprint density at radius 1 is 1.38 bits per heavy atom. The number of thiocarbonyl (C=S) groups is 1. The summed E-state index contributed by atoms with van der Waals surface area (Å²) in [4.78, 5) is 0. The molecule has 0 aliphatic rings. The van der Waals surface area contributed by atoms with Crippen molar-refractivity contribution in [3.8, 4) is 5.69 Å². The monoisotopic (exact) mass is 236 g/mol. The third kappa shape index (κ3) is 1.94. The molecule has 1 aromatic carbocycles. The fourth-order valence-electron chi connectivity index (χ4n) is 1.43. The number of nitrogens with zero attached hydrogens (tertiary/aromatic N) is 2. The second-order valence-corrected chi connectivity index (χ2v) is 3.75. The van der Waals surface area contributed by atoms with Crippen molar-refractivity contribution in [2.75, 3.05) is 0 Å². The van der Waals surface area contributed by atoms with E-state index in [-0.39, 0.29) is 10.9 Å². The van der Waals surface area contributed by atoms with Crippen molar-refractivity contribution in [1.29, 1.82) is 0 Å². The van der Waals surface area contributed by atoms with Crippen LogP contribution in [0.2, 0.25) is 0 Å². The molecule has 2 aromatic rings. The zero-order valence-electron chi connectivity index (χ0n) is 8.51. The molecule has 1 heterocycles. The van der Waals surface area contributed by atoms with E-state index >= 15 is 0 Å². The van der Waals surface area contributed by atoms with Gasteiger partial charge in [-0.05, 0) is 49.5 Å². The molecule has 1 N–H and O–H groups in total. The first-order chi connectivity index (χ1) is 7.58. The van der Waals surface area contributed by atoms with Crippen molar-refractivity contribution in [1.82, 2.24) is 9.78 Å². The second-order valence-electron chi connectivity index (χ2n) is 3.36. The summed E-state index contributed by atoms with van der Waals surface area (Å²) in [5.41, 5.74) is 1.82. The number of aromatic nitrogens is 2. The number of aryl methyl sites for hydroxylation is 1. The lowest BCUT2D eigenvalue weighted by atomic mass is 10.3. The minimum atomic E-state index is -0.319. The van der Waals surface area contributed by atoms with Gasteiger partial charge in [0.25, 0.3) is 0 Å². The quantitative estimate of drug-likeness (QED) is 0.814. The van der Waals surface area contributed by atoms with E-state index in [0.29, 0.717) is 11.4 Å². The Morgan fingerprint density at radius 2 is 2.00 bits per heavy atom. The number of halogens is 1. The van der Waals surface area contributed by atoms with Crippen LogP contribution < -0.4 is 0 Å². The van der Waals surface area contributed by atoms with Crippen LogP contribution in [0, 0.1) is 12.7 Å². The summed E-state index contributed by atoms with van der Waals surface area (Å²) >= 11 is 4.71. The third-order valence-electron chi connectivity index (χ3n) is 2.12. The second kappa shape index (κ2) is 4.02. The van der Waals surface area contributed by atoms with Crippen LogP contribution in [0.5, 0.6) is 0 Å². The zero-order valence-corrected chi connectivity index (χ0v) is 9.33. The molecule has 0 radical (unpaired) electrons. The van der Waals surface area contributed by atoms with Gasteiger partial charge in [-0.1, -0.05) is 0 Å². The van der Waals surface area contributed by atoms with Gasteiger partial charge in [-0.15, -0.1) is 0 Å². The van der Waals surface area contributed by atoms with Crippen LogP contribution in [-0.2, 0) is 0 Å². The molecule has 0 bridgehead atoms. The lowest BCUT2D eigenvalue weighted by Gasteiger charge is -2.04. The number of aliphatic hydroxyl groups is 1. The van der Waals surface area contributed by atoms with Crippen molar-refractivity contribution in [2.24, 2.45) is 0 Å². The molecule has 16 heavy (non-hydrogen) atoms. The first-order valence-corrected chi connectivity index (χ1v) is 5.04. The molecular weight excluding hydrogens is 227 g/mol. The fraction of sp³-hybridized carbons (Fsp3) is 0.0909. The van der Waals surface area contributed by atoms with Crippen LogP contribution in [0.3, 0.4) is 0 Å². The van der Waals surface area contributed by atoms with E-state index in [9.17, 15) is 9.50 Å². The highest BCUT2D eigenvalue weighted by atomic mass is 32.1. The molecule has 0 amide bonds. The highest BCUT2D eigenvalue weighted by Crippen LogP contribution is 2.13. The lowest BCUT2D eigenvalue weighted by molar-refractivity contribution is 0.564. The van der Waals surface area contributed by atoms with Gasteiger partial charge in [-0.2, -0.15) is 5.10 Å². The van der Waals surface area contributed by atoms with Gasteiger partial charge in [0.15, 0.2) is 0 Å². The number of hydrogen-bond donors (Lipinski definition) is 1. The number of aliphatic hydroxyl groups excluding tert-OH is 1. The SMILES string of the molecule is Cc1cc(C(O)=S)n(-c2ccc(F)cc2)n1. The standard InChI is InChI=1S/C11H9FN2OS/c1-7-6-10(11(15)16)14(13-7)9-4-2-8(12)3-5-9/h2-6H,1H3,(H,15,16). The predicted molar refractivity (Wildman–Crippen MR) is 62.6 cm³/mol. The lowest BCUT2D eigenvalue weighted by Crippen LogP contribution is -2.06. The summed E-state index contributed by atoms with van der Waals surface area (Å²) in [6.07, 6.45) is 0. The van der Waals surface area contributed by atoms with E-state index in [1.807, 2.05) is 0 Å². The molecule has 0 saturated heterocycles. The van der Waals surface area contributed by atoms with Crippen molar-refractivity contribution in [2.45, 2.75) is 6.92 Å². The summed E-state index contributed by atoms with van der Waals surface area (Å²) in [5, 5.41) is 13.3. The maximum atomic E-state index is 12.8. The van der Waals surface area contributed by atoms with Crippen LogP contribution >= 0.6 is 12.2 Å². The highest BCUT2D eigenvalue weighted by molar-refractivity contribution is 7.80. The molecule has 1 aromatic heterocycles. The molecule has 0 aliphatic carbocycles. The summed E-state index contributed by atoms with van der Waals surface area (Å²) in [7, 11) is 0. The van der Waals surface area contributed by atoms with Gasteiger partial charge < -0.3 is 5.11 Å². The smallest absolute Gasteiger partial charge is 0.207 e. The van der Waals surface area contributed by atoms with Gasteiger partial charge >= 0.3 is 0 Å². The molecule has 0 spiro atoms. The minimum Gasteiger partial charge on any atom is -0.497 e. The molecule has 0 fully saturated rings. The predicted octanol–water partition coefficient (Wildman–Crippen LogP) is 2.55. The number of hydrogen-bond acceptors (Lipinski definition) is 2. The third-order valence-corrected chi connectivity index (χ3v) is 2.33. The Kier molecular flexibility index (Phi) is 2.70. The minimum absolute atomic E-state index is 0.232. The first-order valence-electron chi connectivity index (χ1n) is 4.64. The van der Waals surface area contributed by atoms with Gasteiger partial charge in [0.05, 0.1) is 11.4 Å². The molecule has 3 nitrogen and oxygen atoms in total. The molecular formula is C11H9FN2OS. The van der Waals surface area contributed by atoms with Gasteiger partial charge in [-0.25, -0.2) is 9.07 Å². The van der Waals surface area contributed by atoms with Crippen LogP contribution in [-0.4, -0.2) is 19.9 Å². The average molecular weight is 236 g/mol. The number of rotatable bonds is 2.